The average molecular weight is 405 g/mol. The van der Waals surface area contributed by atoms with E-state index in [1.165, 1.54) is 12.3 Å². The van der Waals surface area contributed by atoms with Crippen LogP contribution < -0.4 is 5.32 Å². The van der Waals surface area contributed by atoms with E-state index in [0.29, 0.717) is 11.3 Å². The van der Waals surface area contributed by atoms with Gasteiger partial charge in [0.25, 0.3) is 5.91 Å². The fourth-order valence-corrected chi connectivity index (χ4v) is 2.90. The number of amides is 1. The van der Waals surface area contributed by atoms with Crippen molar-refractivity contribution in [2.24, 2.45) is 0 Å². The van der Waals surface area contributed by atoms with Gasteiger partial charge in [0, 0.05) is 11.3 Å². The Labute approximate surface area is 174 Å². The summed E-state index contributed by atoms with van der Waals surface area (Å²) in [5, 5.41) is 2.71. The molecule has 1 atom stereocenters. The van der Waals surface area contributed by atoms with Crippen LogP contribution in [0.15, 0.2) is 65.3 Å². The highest BCUT2D eigenvalue weighted by Gasteiger charge is 2.21. The van der Waals surface area contributed by atoms with E-state index in [2.05, 4.69) is 5.32 Å². The molecule has 0 spiro atoms. The molecule has 0 unspecified atom stereocenters. The fraction of sp³-hybridized carbons (Fsp3) is 0.208. The van der Waals surface area contributed by atoms with Gasteiger partial charge in [0.05, 0.1) is 11.8 Å². The molecule has 154 valence electrons. The Bertz CT molecular complexity index is 1050. The number of esters is 1. The maximum absolute atomic E-state index is 12.6. The van der Waals surface area contributed by atoms with Gasteiger partial charge >= 0.3 is 5.97 Å². The molecule has 2 aromatic carbocycles. The molecule has 6 heteroatoms. The molecule has 0 radical (unpaired) electrons. The summed E-state index contributed by atoms with van der Waals surface area (Å²) in [6, 6.07) is 15.2. The predicted octanol–water partition coefficient (Wildman–Crippen LogP) is 4.83. The third-order valence-corrected chi connectivity index (χ3v) is 4.77. The van der Waals surface area contributed by atoms with Crippen molar-refractivity contribution in [1.29, 1.82) is 0 Å². The third-order valence-electron chi connectivity index (χ3n) is 4.77. The van der Waals surface area contributed by atoms with Gasteiger partial charge in [-0.15, -0.1) is 0 Å². The zero-order valence-electron chi connectivity index (χ0n) is 17.1. The van der Waals surface area contributed by atoms with Crippen molar-refractivity contribution in [1.82, 2.24) is 0 Å². The number of carbonyl (C=O) groups is 3. The molecule has 30 heavy (non-hydrogen) atoms. The van der Waals surface area contributed by atoms with Crippen molar-refractivity contribution in [3.8, 4) is 0 Å². The summed E-state index contributed by atoms with van der Waals surface area (Å²) in [5.74, 6) is -1.18. The van der Waals surface area contributed by atoms with Crippen molar-refractivity contribution in [3.05, 3.63) is 88.9 Å². The van der Waals surface area contributed by atoms with Gasteiger partial charge in [-0.1, -0.05) is 37.3 Å². The van der Waals surface area contributed by atoms with Crippen LogP contribution >= 0.6 is 0 Å². The van der Waals surface area contributed by atoms with E-state index in [4.69, 9.17) is 9.15 Å². The third kappa shape index (κ3) is 4.84. The first-order chi connectivity index (χ1) is 14.4. The normalized spacial score (nSPS) is 11.6. The summed E-state index contributed by atoms with van der Waals surface area (Å²) in [5.41, 5.74) is 3.07. The minimum atomic E-state index is -0.938. The van der Waals surface area contributed by atoms with E-state index < -0.39 is 18.0 Å². The van der Waals surface area contributed by atoms with Crippen LogP contribution in [0.2, 0.25) is 0 Å². The molecule has 3 aromatic rings. The van der Waals surface area contributed by atoms with Gasteiger partial charge in [-0.05, 0) is 55.7 Å². The highest BCUT2D eigenvalue weighted by molar-refractivity contribution is 6.04. The van der Waals surface area contributed by atoms with Crippen LogP contribution in [-0.4, -0.2) is 23.8 Å². The van der Waals surface area contributed by atoms with Gasteiger partial charge < -0.3 is 14.5 Å². The van der Waals surface area contributed by atoms with E-state index in [1.807, 2.05) is 19.1 Å². The molecule has 6 nitrogen and oxygen atoms in total. The second kappa shape index (κ2) is 9.22. The smallest absolute Gasteiger partial charge is 0.338 e. The number of aryl methyl sites for hydroxylation is 2. The zero-order valence-corrected chi connectivity index (χ0v) is 17.1. The first-order valence-corrected chi connectivity index (χ1v) is 9.68. The summed E-state index contributed by atoms with van der Waals surface area (Å²) in [4.78, 5) is 37.3. The molecule has 0 saturated heterocycles. The van der Waals surface area contributed by atoms with Crippen molar-refractivity contribution in [2.45, 2.75) is 33.3 Å². The monoisotopic (exact) mass is 405 g/mol. The molecule has 1 amide bonds. The van der Waals surface area contributed by atoms with Crippen molar-refractivity contribution in [3.63, 3.8) is 0 Å². The Morgan fingerprint density at radius 2 is 1.73 bits per heavy atom. The van der Waals surface area contributed by atoms with Crippen LogP contribution in [0.4, 0.5) is 5.69 Å². The molecular formula is C24H23NO5. The highest BCUT2D eigenvalue weighted by atomic mass is 16.5. The summed E-state index contributed by atoms with van der Waals surface area (Å²) >= 11 is 0. The molecule has 1 heterocycles. The van der Waals surface area contributed by atoms with Gasteiger partial charge in [0.1, 0.15) is 0 Å². The Morgan fingerprint density at radius 1 is 1.03 bits per heavy atom. The lowest BCUT2D eigenvalue weighted by Crippen LogP contribution is -2.24. The fourth-order valence-electron chi connectivity index (χ4n) is 2.90. The topological polar surface area (TPSA) is 85.6 Å². The summed E-state index contributed by atoms with van der Waals surface area (Å²) in [6.07, 6.45) is 1.35. The number of furan rings is 1. The van der Waals surface area contributed by atoms with Crippen LogP contribution in [0.1, 0.15) is 56.2 Å². The first-order valence-electron chi connectivity index (χ1n) is 9.68. The van der Waals surface area contributed by atoms with Crippen LogP contribution in [-0.2, 0) is 11.2 Å². The highest BCUT2D eigenvalue weighted by Crippen LogP contribution is 2.20. The lowest BCUT2D eigenvalue weighted by molar-refractivity contribution is 0.0319. The molecule has 0 aliphatic carbocycles. The predicted molar refractivity (Wildman–Crippen MR) is 113 cm³/mol. The number of hydrogen-bond acceptors (Lipinski definition) is 5. The van der Waals surface area contributed by atoms with E-state index in [9.17, 15) is 14.4 Å². The number of rotatable bonds is 7. The minimum Gasteiger partial charge on any atom is -0.459 e. The number of benzene rings is 2. The molecule has 0 saturated carbocycles. The van der Waals surface area contributed by atoms with Crippen LogP contribution in [0.3, 0.4) is 0 Å². The van der Waals surface area contributed by atoms with Gasteiger partial charge in [0.15, 0.2) is 11.9 Å². The van der Waals surface area contributed by atoms with Gasteiger partial charge in [0.2, 0.25) is 5.78 Å². The van der Waals surface area contributed by atoms with Gasteiger partial charge in [-0.3, -0.25) is 9.59 Å². The maximum Gasteiger partial charge on any atom is 0.338 e. The maximum atomic E-state index is 12.6. The molecule has 1 aromatic heterocycles. The lowest BCUT2D eigenvalue weighted by atomic mass is 10.0. The Balaban J connectivity index is 1.69. The van der Waals surface area contributed by atoms with E-state index in [0.717, 1.165) is 17.5 Å². The van der Waals surface area contributed by atoms with Crippen LogP contribution in [0.25, 0.3) is 0 Å². The molecule has 1 N–H and O–H groups in total. The van der Waals surface area contributed by atoms with E-state index in [-0.39, 0.29) is 17.1 Å². The summed E-state index contributed by atoms with van der Waals surface area (Å²) < 4.78 is 10.4. The largest absolute Gasteiger partial charge is 0.459 e. The molecule has 0 aliphatic rings. The average Bonchev–Trinajstić information content (AvgIpc) is 3.29. The van der Waals surface area contributed by atoms with Crippen molar-refractivity contribution >= 4 is 23.3 Å². The number of anilines is 1. The van der Waals surface area contributed by atoms with E-state index in [1.54, 1.807) is 50.2 Å². The molecule has 3 rings (SSSR count). The summed E-state index contributed by atoms with van der Waals surface area (Å²) in [7, 11) is 0. The zero-order chi connectivity index (χ0) is 21.7. The SMILES string of the molecule is CCc1ccc(C(=O)[C@H](C)OC(=O)c2ccc(C)c(NC(=O)c3ccco3)c2)cc1. The summed E-state index contributed by atoms with van der Waals surface area (Å²) in [6.45, 7) is 5.38. The van der Waals surface area contributed by atoms with Crippen molar-refractivity contribution < 1.29 is 23.5 Å². The number of ether oxygens (including phenoxy) is 1. The number of carbonyl (C=O) groups excluding carboxylic acids is 3. The quantitative estimate of drug-likeness (QED) is 0.449. The number of ketones is 1. The molecule has 0 aliphatic heterocycles. The Hall–Kier alpha value is -3.67. The second-order valence-corrected chi connectivity index (χ2v) is 6.92. The molecule has 0 fully saturated rings. The Kier molecular flexibility index (Phi) is 6.47. The first kappa shape index (κ1) is 21.0. The number of nitrogens with one attached hydrogen (secondary N) is 1. The van der Waals surface area contributed by atoms with Crippen LogP contribution in [0, 0.1) is 6.92 Å². The number of Topliss-reactive ketones (excluding diaryl/α,β-unsaturated/α-hetero) is 1. The second-order valence-electron chi connectivity index (χ2n) is 6.92. The van der Waals surface area contributed by atoms with Gasteiger partial charge in [-0.25, -0.2) is 4.79 Å². The Morgan fingerprint density at radius 3 is 2.37 bits per heavy atom. The number of hydrogen-bond donors (Lipinski definition) is 1. The lowest BCUT2D eigenvalue weighted by Gasteiger charge is -2.14. The van der Waals surface area contributed by atoms with E-state index >= 15 is 0 Å². The standard InChI is InChI=1S/C24H23NO5/c1-4-17-8-11-18(12-9-17)22(26)16(3)30-24(28)19-10-7-15(2)20(14-19)25-23(27)21-6-5-13-29-21/h5-14,16H,4H2,1-3H3,(H,25,27)/t16-/m0/s1. The van der Waals surface area contributed by atoms with Crippen molar-refractivity contribution in [2.75, 3.05) is 5.32 Å². The molecular weight excluding hydrogens is 382 g/mol. The van der Waals surface area contributed by atoms with Crippen LogP contribution in [0.5, 0.6) is 0 Å². The molecule has 0 bridgehead atoms. The minimum absolute atomic E-state index is 0.163. The van der Waals surface area contributed by atoms with Gasteiger partial charge in [-0.2, -0.15) is 0 Å².